The van der Waals surface area contributed by atoms with Gasteiger partial charge in [-0.3, -0.25) is 4.79 Å². The second-order valence-corrected chi connectivity index (χ2v) is 6.05. The van der Waals surface area contributed by atoms with Crippen molar-refractivity contribution in [1.29, 1.82) is 0 Å². The van der Waals surface area contributed by atoms with Crippen LogP contribution in [0.25, 0.3) is 0 Å². The minimum Gasteiger partial charge on any atom is -0.464 e. The van der Waals surface area contributed by atoms with Gasteiger partial charge in [0, 0.05) is 17.0 Å². The summed E-state index contributed by atoms with van der Waals surface area (Å²) in [5, 5.41) is 0.510. The second kappa shape index (κ2) is 10.2. The van der Waals surface area contributed by atoms with Gasteiger partial charge in [-0.05, 0) is 44.0 Å². The lowest BCUT2D eigenvalue weighted by Gasteiger charge is -2.24. The largest absolute Gasteiger partial charge is 0.464 e. The average Bonchev–Trinajstić information content (AvgIpc) is 2.60. The Kier molecular flexibility index (Phi) is 8.58. The molecule has 0 spiro atoms. The SMILES string of the molecule is CCCCOC(=O)C(N)(CCC(=O)c1ccc(Cl)cc1)C(=O)OCC. The van der Waals surface area contributed by atoms with Crippen LogP contribution in [0.5, 0.6) is 0 Å². The summed E-state index contributed by atoms with van der Waals surface area (Å²) in [6, 6.07) is 6.34. The van der Waals surface area contributed by atoms with Gasteiger partial charge in [0.1, 0.15) is 0 Å². The van der Waals surface area contributed by atoms with E-state index in [1.165, 1.54) is 0 Å². The number of Topliss-reactive ketones (excluding diaryl/α,β-unsaturated/α-hetero) is 1. The Hall–Kier alpha value is -1.92. The highest BCUT2D eigenvalue weighted by Gasteiger charge is 2.45. The standard InChI is InChI=1S/C18H24ClNO5/c1-3-5-12-25-17(23)18(20,16(22)24-4-2)11-10-15(21)13-6-8-14(19)9-7-13/h6-9H,3-5,10-12,20H2,1-2H3. The van der Waals surface area contributed by atoms with Gasteiger partial charge in [-0.25, -0.2) is 9.59 Å². The lowest BCUT2D eigenvalue weighted by molar-refractivity contribution is -0.164. The number of carbonyl (C=O) groups excluding carboxylic acids is 3. The Bertz CT molecular complexity index is 602. The minimum absolute atomic E-state index is 0.0746. The molecule has 0 radical (unpaired) electrons. The quantitative estimate of drug-likeness (QED) is 0.295. The fraction of sp³-hybridized carbons (Fsp3) is 0.500. The van der Waals surface area contributed by atoms with Crippen molar-refractivity contribution in [2.75, 3.05) is 13.2 Å². The van der Waals surface area contributed by atoms with E-state index in [0.717, 1.165) is 6.42 Å². The van der Waals surface area contributed by atoms with E-state index in [9.17, 15) is 14.4 Å². The molecule has 1 rings (SSSR count). The fourth-order valence-corrected chi connectivity index (χ4v) is 2.20. The number of carbonyl (C=O) groups is 3. The number of ether oxygens (including phenoxy) is 2. The molecule has 0 saturated heterocycles. The number of unbranched alkanes of at least 4 members (excludes halogenated alkanes) is 1. The molecule has 0 aliphatic heterocycles. The summed E-state index contributed by atoms with van der Waals surface area (Å²) in [4.78, 5) is 36.7. The summed E-state index contributed by atoms with van der Waals surface area (Å²) in [7, 11) is 0. The maximum Gasteiger partial charge on any atom is 0.337 e. The summed E-state index contributed by atoms with van der Waals surface area (Å²) >= 11 is 5.79. The van der Waals surface area contributed by atoms with Crippen molar-refractivity contribution in [3.05, 3.63) is 34.9 Å². The highest BCUT2D eigenvalue weighted by Crippen LogP contribution is 2.18. The first kappa shape index (κ1) is 21.1. The number of nitrogens with two attached hydrogens (primary N) is 1. The molecule has 0 heterocycles. The van der Waals surface area contributed by atoms with Crippen molar-refractivity contribution >= 4 is 29.3 Å². The third kappa shape index (κ3) is 6.14. The van der Waals surface area contributed by atoms with Crippen LogP contribution in [0.2, 0.25) is 5.02 Å². The van der Waals surface area contributed by atoms with Gasteiger partial charge in [0.05, 0.1) is 13.2 Å². The zero-order valence-electron chi connectivity index (χ0n) is 14.5. The van der Waals surface area contributed by atoms with Crippen LogP contribution in [0.1, 0.15) is 49.9 Å². The molecule has 2 N–H and O–H groups in total. The molecule has 0 saturated carbocycles. The molecule has 6 nitrogen and oxygen atoms in total. The Morgan fingerprint density at radius 1 is 1.08 bits per heavy atom. The van der Waals surface area contributed by atoms with Gasteiger partial charge in [0.25, 0.3) is 0 Å². The maximum absolute atomic E-state index is 12.3. The fourth-order valence-electron chi connectivity index (χ4n) is 2.08. The summed E-state index contributed by atoms with van der Waals surface area (Å²) in [5.41, 5.74) is 4.41. The lowest BCUT2D eigenvalue weighted by atomic mass is 9.92. The third-order valence-electron chi connectivity index (χ3n) is 3.65. The molecule has 0 fully saturated rings. The van der Waals surface area contributed by atoms with E-state index in [1.807, 2.05) is 6.92 Å². The number of rotatable bonds is 10. The average molecular weight is 370 g/mol. The molecular formula is C18H24ClNO5. The first-order chi connectivity index (χ1) is 11.8. The van der Waals surface area contributed by atoms with E-state index in [0.29, 0.717) is 17.0 Å². The molecule has 1 unspecified atom stereocenters. The molecule has 25 heavy (non-hydrogen) atoms. The Morgan fingerprint density at radius 3 is 2.24 bits per heavy atom. The Balaban J connectivity index is 2.81. The number of benzene rings is 1. The zero-order valence-corrected chi connectivity index (χ0v) is 15.3. The molecule has 0 aromatic heterocycles. The molecule has 0 amide bonds. The van der Waals surface area contributed by atoms with Crippen molar-refractivity contribution in [1.82, 2.24) is 0 Å². The van der Waals surface area contributed by atoms with E-state index in [4.69, 9.17) is 26.8 Å². The molecule has 7 heteroatoms. The van der Waals surface area contributed by atoms with E-state index in [1.54, 1.807) is 31.2 Å². The van der Waals surface area contributed by atoms with Crippen molar-refractivity contribution in [2.45, 2.75) is 45.1 Å². The van der Waals surface area contributed by atoms with E-state index in [-0.39, 0.29) is 31.8 Å². The zero-order chi connectivity index (χ0) is 18.9. The van der Waals surface area contributed by atoms with Crippen LogP contribution >= 0.6 is 11.6 Å². The van der Waals surface area contributed by atoms with Gasteiger partial charge in [-0.2, -0.15) is 0 Å². The molecule has 0 aliphatic carbocycles. The van der Waals surface area contributed by atoms with E-state index >= 15 is 0 Å². The molecule has 0 bridgehead atoms. The molecule has 0 aliphatic rings. The normalized spacial score (nSPS) is 13.0. The Labute approximate surface area is 152 Å². The van der Waals surface area contributed by atoms with Crippen molar-refractivity contribution in [3.8, 4) is 0 Å². The van der Waals surface area contributed by atoms with E-state index in [2.05, 4.69) is 0 Å². The monoisotopic (exact) mass is 369 g/mol. The number of hydrogen-bond acceptors (Lipinski definition) is 6. The van der Waals surface area contributed by atoms with Crippen LogP contribution in [0.4, 0.5) is 0 Å². The van der Waals surface area contributed by atoms with Gasteiger partial charge >= 0.3 is 11.9 Å². The van der Waals surface area contributed by atoms with E-state index < -0.39 is 17.5 Å². The first-order valence-corrected chi connectivity index (χ1v) is 8.65. The lowest BCUT2D eigenvalue weighted by Crippen LogP contribution is -2.57. The summed E-state index contributed by atoms with van der Waals surface area (Å²) in [5.74, 6) is -2.01. The minimum atomic E-state index is -1.99. The summed E-state index contributed by atoms with van der Waals surface area (Å²) in [6.45, 7) is 3.79. The second-order valence-electron chi connectivity index (χ2n) is 5.61. The predicted octanol–water partition coefficient (Wildman–Crippen LogP) is 2.91. The number of halogens is 1. The number of hydrogen-bond donors (Lipinski definition) is 1. The molecule has 1 aromatic rings. The molecule has 138 valence electrons. The number of ketones is 1. The summed E-state index contributed by atoms with van der Waals surface area (Å²) < 4.78 is 9.97. The molecular weight excluding hydrogens is 346 g/mol. The van der Waals surface area contributed by atoms with Crippen LogP contribution < -0.4 is 5.73 Å². The molecule has 1 atom stereocenters. The van der Waals surface area contributed by atoms with Gasteiger partial charge in [-0.15, -0.1) is 0 Å². The third-order valence-corrected chi connectivity index (χ3v) is 3.90. The predicted molar refractivity (Wildman–Crippen MR) is 94.4 cm³/mol. The Morgan fingerprint density at radius 2 is 1.68 bits per heavy atom. The molecule has 1 aromatic carbocycles. The van der Waals surface area contributed by atoms with Crippen LogP contribution in [0, 0.1) is 0 Å². The van der Waals surface area contributed by atoms with Crippen LogP contribution in [-0.4, -0.2) is 36.5 Å². The van der Waals surface area contributed by atoms with Crippen LogP contribution in [0.15, 0.2) is 24.3 Å². The smallest absolute Gasteiger partial charge is 0.337 e. The van der Waals surface area contributed by atoms with Gasteiger partial charge in [-0.1, -0.05) is 24.9 Å². The van der Waals surface area contributed by atoms with Gasteiger partial charge in [0.15, 0.2) is 5.78 Å². The summed E-state index contributed by atoms with van der Waals surface area (Å²) in [6.07, 6.45) is 1.20. The van der Waals surface area contributed by atoms with Gasteiger partial charge < -0.3 is 15.2 Å². The van der Waals surface area contributed by atoms with Crippen LogP contribution in [0.3, 0.4) is 0 Å². The van der Waals surface area contributed by atoms with Gasteiger partial charge in [0.2, 0.25) is 5.54 Å². The van der Waals surface area contributed by atoms with Crippen molar-refractivity contribution in [3.63, 3.8) is 0 Å². The van der Waals surface area contributed by atoms with Crippen molar-refractivity contribution < 1.29 is 23.9 Å². The maximum atomic E-state index is 12.3. The highest BCUT2D eigenvalue weighted by atomic mass is 35.5. The van der Waals surface area contributed by atoms with Crippen LogP contribution in [-0.2, 0) is 19.1 Å². The highest BCUT2D eigenvalue weighted by molar-refractivity contribution is 6.30. The topological polar surface area (TPSA) is 95.7 Å². The van der Waals surface area contributed by atoms with Crippen molar-refractivity contribution in [2.24, 2.45) is 5.73 Å². The number of esters is 2. The first-order valence-electron chi connectivity index (χ1n) is 8.27.